The van der Waals surface area contributed by atoms with Crippen molar-refractivity contribution in [3.05, 3.63) is 35.4 Å². The van der Waals surface area contributed by atoms with E-state index in [0.717, 1.165) is 0 Å². The SMILES string of the molecule is COC(=O)c1ccc(C(=O)N(Cl)OCCl)cc1. The molecule has 5 nitrogen and oxygen atoms in total. The molecule has 1 aromatic rings. The average molecular weight is 278 g/mol. The van der Waals surface area contributed by atoms with Gasteiger partial charge in [-0.3, -0.25) is 4.79 Å². The van der Waals surface area contributed by atoms with Crippen LogP contribution < -0.4 is 0 Å². The summed E-state index contributed by atoms with van der Waals surface area (Å²) in [6.45, 7) is 0. The van der Waals surface area contributed by atoms with Gasteiger partial charge < -0.3 is 4.74 Å². The van der Waals surface area contributed by atoms with E-state index in [0.29, 0.717) is 10.1 Å². The van der Waals surface area contributed by atoms with Gasteiger partial charge in [0.05, 0.1) is 12.7 Å². The molecule has 7 heteroatoms. The van der Waals surface area contributed by atoms with Gasteiger partial charge in [-0.25, -0.2) is 9.63 Å². The average Bonchev–Trinajstić information content (AvgIpc) is 2.37. The third-order valence-electron chi connectivity index (χ3n) is 1.87. The zero-order chi connectivity index (χ0) is 12.8. The summed E-state index contributed by atoms with van der Waals surface area (Å²) >= 11 is 10.7. The van der Waals surface area contributed by atoms with Crippen LogP contribution in [0.4, 0.5) is 0 Å². The van der Waals surface area contributed by atoms with Gasteiger partial charge in [0.25, 0.3) is 5.91 Å². The Bertz CT molecular complexity index is 407. The summed E-state index contributed by atoms with van der Waals surface area (Å²) in [4.78, 5) is 27.3. The van der Waals surface area contributed by atoms with Gasteiger partial charge in [-0.1, -0.05) is 11.6 Å². The Morgan fingerprint density at radius 2 is 1.76 bits per heavy atom. The maximum atomic E-state index is 11.6. The molecule has 0 saturated carbocycles. The summed E-state index contributed by atoms with van der Waals surface area (Å²) in [5.41, 5.74) is 0.598. The third kappa shape index (κ3) is 3.59. The first-order valence-corrected chi connectivity index (χ1v) is 5.35. The second-order valence-corrected chi connectivity index (χ2v) is 3.38. The maximum Gasteiger partial charge on any atom is 0.337 e. The Morgan fingerprint density at radius 3 is 2.24 bits per heavy atom. The molecule has 1 aromatic carbocycles. The number of alkyl halides is 1. The molecule has 0 aliphatic carbocycles. The van der Waals surface area contributed by atoms with Crippen molar-refractivity contribution in [3.8, 4) is 0 Å². The monoisotopic (exact) mass is 277 g/mol. The van der Waals surface area contributed by atoms with Crippen LogP contribution in [0.25, 0.3) is 0 Å². The van der Waals surface area contributed by atoms with E-state index in [1.54, 1.807) is 0 Å². The zero-order valence-corrected chi connectivity index (χ0v) is 10.4. The fraction of sp³-hybridized carbons (Fsp3) is 0.200. The maximum absolute atomic E-state index is 11.6. The van der Waals surface area contributed by atoms with E-state index in [4.69, 9.17) is 23.4 Å². The fourth-order valence-electron chi connectivity index (χ4n) is 1.07. The van der Waals surface area contributed by atoms with Gasteiger partial charge in [-0.2, -0.15) is 0 Å². The smallest absolute Gasteiger partial charge is 0.337 e. The van der Waals surface area contributed by atoms with Crippen LogP contribution in [0.3, 0.4) is 0 Å². The van der Waals surface area contributed by atoms with E-state index in [9.17, 15) is 9.59 Å². The molecule has 0 unspecified atom stereocenters. The highest BCUT2D eigenvalue weighted by molar-refractivity contribution is 6.23. The molecule has 1 rings (SSSR count). The molecular weight excluding hydrogens is 269 g/mol. The predicted molar refractivity (Wildman–Crippen MR) is 61.6 cm³/mol. The summed E-state index contributed by atoms with van der Waals surface area (Å²) in [6, 6.07) is 5.52. The second-order valence-electron chi connectivity index (χ2n) is 2.86. The summed E-state index contributed by atoms with van der Waals surface area (Å²) in [5.74, 6) is -1.06. The van der Waals surface area contributed by atoms with Crippen molar-refractivity contribution in [3.63, 3.8) is 0 Å². The molecule has 17 heavy (non-hydrogen) atoms. The lowest BCUT2D eigenvalue weighted by molar-refractivity contribution is -0.0372. The number of hydroxylamine groups is 1. The standard InChI is InChI=1S/C10H9Cl2NO4/c1-16-10(15)8-4-2-7(3-5-8)9(14)13(12)17-6-11/h2-5H,6H2,1H3. The number of hydrogen-bond donors (Lipinski definition) is 0. The van der Waals surface area contributed by atoms with Crippen LogP contribution >= 0.6 is 23.4 Å². The molecule has 0 radical (unpaired) electrons. The molecule has 92 valence electrons. The molecule has 0 N–H and O–H groups in total. The van der Waals surface area contributed by atoms with Crippen LogP contribution in [0.5, 0.6) is 0 Å². The molecule has 0 bridgehead atoms. The van der Waals surface area contributed by atoms with E-state index in [1.165, 1.54) is 31.4 Å². The number of carbonyl (C=O) groups is 2. The minimum absolute atomic E-state index is 0.241. The molecule has 0 saturated heterocycles. The molecule has 1 amide bonds. The first-order chi connectivity index (χ1) is 8.10. The summed E-state index contributed by atoms with van der Waals surface area (Å²) in [5, 5.41) is 0. The summed E-state index contributed by atoms with van der Waals surface area (Å²) in [6.07, 6.45) is 0. The number of hydrogen-bond acceptors (Lipinski definition) is 4. The van der Waals surface area contributed by atoms with Crippen LogP contribution in [0.15, 0.2) is 24.3 Å². The number of nitrogens with zero attached hydrogens (tertiary/aromatic N) is 1. The van der Waals surface area contributed by atoms with Crippen LogP contribution in [-0.2, 0) is 9.57 Å². The number of benzene rings is 1. The second kappa shape index (κ2) is 6.44. The number of methoxy groups -OCH3 is 1. The van der Waals surface area contributed by atoms with Crippen molar-refractivity contribution < 1.29 is 19.2 Å². The molecule has 0 heterocycles. The van der Waals surface area contributed by atoms with Crippen molar-refractivity contribution >= 4 is 35.3 Å². The lowest BCUT2D eigenvalue weighted by atomic mass is 10.1. The summed E-state index contributed by atoms with van der Waals surface area (Å²) in [7, 11) is 1.27. The van der Waals surface area contributed by atoms with E-state index >= 15 is 0 Å². The number of esters is 1. The molecule has 0 aromatic heterocycles. The molecule has 0 atom stereocenters. The highest BCUT2D eigenvalue weighted by atomic mass is 35.5. The van der Waals surface area contributed by atoms with Gasteiger partial charge >= 0.3 is 5.97 Å². The predicted octanol–water partition coefficient (Wildman–Crippen LogP) is 2.20. The van der Waals surface area contributed by atoms with E-state index in [2.05, 4.69) is 9.57 Å². The van der Waals surface area contributed by atoms with Crippen LogP contribution in [-0.4, -0.2) is 29.6 Å². The van der Waals surface area contributed by atoms with Crippen molar-refractivity contribution in [2.45, 2.75) is 0 Å². The minimum atomic E-state index is -0.580. The Balaban J connectivity index is 2.80. The molecule has 0 aliphatic heterocycles. The molecule has 0 fully saturated rings. The highest BCUT2D eigenvalue weighted by Gasteiger charge is 2.15. The van der Waals surface area contributed by atoms with Gasteiger partial charge in [0, 0.05) is 17.3 Å². The first kappa shape index (κ1) is 13.8. The topological polar surface area (TPSA) is 55.8 Å². The van der Waals surface area contributed by atoms with Crippen molar-refractivity contribution in [1.29, 1.82) is 0 Å². The molecule has 0 spiro atoms. The van der Waals surface area contributed by atoms with E-state index < -0.39 is 11.9 Å². The number of halogens is 2. The normalized spacial score (nSPS) is 9.82. The fourth-order valence-corrected chi connectivity index (χ4v) is 1.36. The van der Waals surface area contributed by atoms with Gasteiger partial charge in [-0.05, 0) is 24.3 Å². The molecular formula is C10H9Cl2NO4. The lowest BCUT2D eigenvalue weighted by Crippen LogP contribution is -2.21. The highest BCUT2D eigenvalue weighted by Crippen LogP contribution is 2.11. The summed E-state index contributed by atoms with van der Waals surface area (Å²) < 4.78 is 5.02. The van der Waals surface area contributed by atoms with Crippen LogP contribution in [0.2, 0.25) is 0 Å². The van der Waals surface area contributed by atoms with Crippen molar-refractivity contribution in [1.82, 2.24) is 4.58 Å². The Labute approximate surface area is 108 Å². The van der Waals surface area contributed by atoms with Gasteiger partial charge in [0.2, 0.25) is 0 Å². The van der Waals surface area contributed by atoms with E-state index in [1.807, 2.05) is 0 Å². The Kier molecular flexibility index (Phi) is 5.21. The molecule has 0 aliphatic rings. The number of ether oxygens (including phenoxy) is 1. The quantitative estimate of drug-likeness (QED) is 0.366. The largest absolute Gasteiger partial charge is 0.465 e. The Hall–Kier alpha value is -1.30. The number of rotatable bonds is 4. The van der Waals surface area contributed by atoms with E-state index in [-0.39, 0.29) is 11.6 Å². The number of amides is 1. The first-order valence-electron chi connectivity index (χ1n) is 4.47. The minimum Gasteiger partial charge on any atom is -0.465 e. The van der Waals surface area contributed by atoms with Gasteiger partial charge in [0.15, 0.2) is 6.07 Å². The van der Waals surface area contributed by atoms with Crippen molar-refractivity contribution in [2.24, 2.45) is 0 Å². The Morgan fingerprint density at radius 1 is 1.24 bits per heavy atom. The lowest BCUT2D eigenvalue weighted by Gasteiger charge is -2.11. The zero-order valence-electron chi connectivity index (χ0n) is 8.85. The van der Waals surface area contributed by atoms with Crippen molar-refractivity contribution in [2.75, 3.05) is 13.2 Å². The van der Waals surface area contributed by atoms with Crippen LogP contribution in [0.1, 0.15) is 20.7 Å². The van der Waals surface area contributed by atoms with Crippen LogP contribution in [0, 0.1) is 0 Å². The number of carbonyl (C=O) groups excluding carboxylic acids is 2. The van der Waals surface area contributed by atoms with Gasteiger partial charge in [-0.15, -0.1) is 4.58 Å². The third-order valence-corrected chi connectivity index (χ3v) is 2.22. The van der Waals surface area contributed by atoms with Gasteiger partial charge in [0.1, 0.15) is 0 Å².